The molecule has 3 rings (SSSR count). The summed E-state index contributed by atoms with van der Waals surface area (Å²) in [6.07, 6.45) is 4.45. The molecule has 1 saturated heterocycles. The lowest BCUT2D eigenvalue weighted by molar-refractivity contribution is -0.128. The predicted molar refractivity (Wildman–Crippen MR) is 96.9 cm³/mol. The van der Waals surface area contributed by atoms with Gasteiger partial charge in [0.25, 0.3) is 5.91 Å². The first-order chi connectivity index (χ1) is 11.7. The van der Waals surface area contributed by atoms with Gasteiger partial charge < -0.3 is 9.64 Å². The van der Waals surface area contributed by atoms with Gasteiger partial charge in [0.2, 0.25) is 0 Å². The van der Waals surface area contributed by atoms with E-state index >= 15 is 0 Å². The van der Waals surface area contributed by atoms with Gasteiger partial charge in [0.1, 0.15) is 0 Å². The van der Waals surface area contributed by atoms with Crippen molar-refractivity contribution in [1.82, 2.24) is 4.90 Å². The molecule has 0 atom stereocenters. The van der Waals surface area contributed by atoms with E-state index < -0.39 is 15.4 Å². The summed E-state index contributed by atoms with van der Waals surface area (Å²) in [6.45, 7) is 5.78. The van der Waals surface area contributed by atoms with Crippen molar-refractivity contribution in [2.75, 3.05) is 26.0 Å². The van der Waals surface area contributed by atoms with E-state index in [1.165, 1.54) is 12.7 Å². The predicted octanol–water partition coefficient (Wildman–Crippen LogP) is 2.67. The monoisotopic (exact) mass is 363 g/mol. The van der Waals surface area contributed by atoms with Crippen LogP contribution in [0.25, 0.3) is 5.57 Å². The Kier molecular flexibility index (Phi) is 4.77. The van der Waals surface area contributed by atoms with Crippen LogP contribution >= 0.6 is 0 Å². The van der Waals surface area contributed by atoms with Gasteiger partial charge in [0.05, 0.1) is 17.1 Å². The lowest BCUT2D eigenvalue weighted by Gasteiger charge is -2.28. The third kappa shape index (κ3) is 3.65. The number of likely N-dealkylation sites (tertiary alicyclic amines) is 1. The summed E-state index contributed by atoms with van der Waals surface area (Å²) >= 11 is 0. The second-order valence-corrected chi connectivity index (χ2v) is 9.32. The van der Waals surface area contributed by atoms with Gasteiger partial charge in [-0.05, 0) is 50.8 Å². The van der Waals surface area contributed by atoms with Crippen LogP contribution in [0.5, 0.6) is 0 Å². The van der Waals surface area contributed by atoms with E-state index in [0.717, 1.165) is 37.1 Å². The minimum atomic E-state index is -3.24. The molecule has 25 heavy (non-hydrogen) atoms. The van der Waals surface area contributed by atoms with Crippen LogP contribution in [0.3, 0.4) is 0 Å². The Morgan fingerprint density at radius 2 is 1.68 bits per heavy atom. The van der Waals surface area contributed by atoms with Gasteiger partial charge >= 0.3 is 0 Å². The number of benzene rings is 1. The molecule has 0 aliphatic carbocycles. The van der Waals surface area contributed by atoms with E-state index in [1.807, 2.05) is 18.7 Å². The summed E-state index contributed by atoms with van der Waals surface area (Å²) in [6, 6.07) is 6.72. The molecule has 0 bridgehead atoms. The molecule has 1 aromatic carbocycles. The second kappa shape index (κ2) is 6.57. The van der Waals surface area contributed by atoms with Gasteiger partial charge in [-0.1, -0.05) is 12.1 Å². The molecular weight excluding hydrogens is 338 g/mol. The largest absolute Gasteiger partial charge is 0.366 e. The number of ether oxygens (including phenoxy) is 1. The highest BCUT2D eigenvalue weighted by Crippen LogP contribution is 2.39. The Morgan fingerprint density at radius 1 is 1.08 bits per heavy atom. The molecule has 0 N–H and O–H groups in total. The topological polar surface area (TPSA) is 63.7 Å². The lowest BCUT2D eigenvalue weighted by atomic mass is 9.89. The number of nitrogens with zero attached hydrogens (tertiary/aromatic N) is 1. The van der Waals surface area contributed by atoms with Crippen molar-refractivity contribution in [2.24, 2.45) is 0 Å². The van der Waals surface area contributed by atoms with Crippen molar-refractivity contribution in [1.29, 1.82) is 0 Å². The van der Waals surface area contributed by atoms with Crippen LogP contribution in [0.15, 0.2) is 34.7 Å². The molecule has 0 saturated carbocycles. The molecule has 0 spiro atoms. The van der Waals surface area contributed by atoms with Gasteiger partial charge in [0.15, 0.2) is 9.84 Å². The first-order valence-electron chi connectivity index (χ1n) is 8.67. The van der Waals surface area contributed by atoms with E-state index in [9.17, 15) is 13.2 Å². The zero-order valence-electron chi connectivity index (χ0n) is 15.0. The zero-order valence-corrected chi connectivity index (χ0v) is 15.9. The number of hydrogen-bond donors (Lipinski definition) is 0. The first kappa shape index (κ1) is 18.1. The molecule has 6 heteroatoms. The third-order valence-electron chi connectivity index (χ3n) is 4.95. The molecule has 1 fully saturated rings. The number of carbonyl (C=O) groups excluding carboxylic acids is 1. The summed E-state index contributed by atoms with van der Waals surface area (Å²) in [5, 5.41) is 0. The fourth-order valence-electron chi connectivity index (χ4n) is 3.61. The van der Waals surface area contributed by atoms with Crippen molar-refractivity contribution in [3.05, 3.63) is 35.4 Å². The fraction of sp³-hybridized carbons (Fsp3) is 0.526. The Bertz CT molecular complexity index is 800. The van der Waals surface area contributed by atoms with Crippen LogP contribution in [-0.4, -0.2) is 50.8 Å². The summed E-state index contributed by atoms with van der Waals surface area (Å²) in [5.41, 5.74) is 1.82. The number of sulfone groups is 1. The Hall–Kier alpha value is -1.66. The molecule has 1 aromatic rings. The van der Waals surface area contributed by atoms with E-state index in [0.29, 0.717) is 12.2 Å². The SMILES string of the molecule is CC1(C)OCC(C(=O)N2CCCCC2)=C1c1ccc(S(C)(=O)=O)cc1. The minimum Gasteiger partial charge on any atom is -0.366 e. The molecule has 1 amide bonds. The highest BCUT2D eigenvalue weighted by Gasteiger charge is 2.38. The summed E-state index contributed by atoms with van der Waals surface area (Å²) < 4.78 is 29.2. The van der Waals surface area contributed by atoms with Crippen LogP contribution in [0.4, 0.5) is 0 Å². The third-order valence-corrected chi connectivity index (χ3v) is 6.08. The summed E-state index contributed by atoms with van der Waals surface area (Å²) in [4.78, 5) is 15.2. The quantitative estimate of drug-likeness (QED) is 0.828. The zero-order chi connectivity index (χ0) is 18.2. The molecule has 0 unspecified atom stereocenters. The van der Waals surface area contributed by atoms with E-state index in [4.69, 9.17) is 4.74 Å². The molecule has 136 valence electrons. The van der Waals surface area contributed by atoms with E-state index in [2.05, 4.69) is 0 Å². The van der Waals surface area contributed by atoms with Crippen molar-refractivity contribution >= 4 is 21.3 Å². The molecule has 2 aliphatic heterocycles. The fourth-order valence-corrected chi connectivity index (χ4v) is 4.24. The number of carbonyl (C=O) groups is 1. The maximum Gasteiger partial charge on any atom is 0.252 e. The first-order valence-corrected chi connectivity index (χ1v) is 10.6. The highest BCUT2D eigenvalue weighted by atomic mass is 32.2. The van der Waals surface area contributed by atoms with Gasteiger partial charge in [0, 0.05) is 30.5 Å². The number of hydrogen-bond acceptors (Lipinski definition) is 4. The number of rotatable bonds is 3. The highest BCUT2D eigenvalue weighted by molar-refractivity contribution is 7.90. The van der Waals surface area contributed by atoms with Crippen LogP contribution in [-0.2, 0) is 19.4 Å². The Morgan fingerprint density at radius 3 is 2.24 bits per heavy atom. The lowest BCUT2D eigenvalue weighted by Crippen LogP contribution is -2.37. The van der Waals surface area contributed by atoms with Crippen LogP contribution < -0.4 is 0 Å². The second-order valence-electron chi connectivity index (χ2n) is 7.30. The number of amides is 1. The number of piperidine rings is 1. The standard InChI is InChI=1S/C19H25NO4S/c1-19(2)17(14-7-9-15(10-8-14)25(3,22)23)16(13-24-19)18(21)20-11-5-4-6-12-20/h7-10H,4-6,11-13H2,1-3H3. The van der Waals surface area contributed by atoms with E-state index in [1.54, 1.807) is 24.3 Å². The summed E-state index contributed by atoms with van der Waals surface area (Å²) in [7, 11) is -3.24. The van der Waals surface area contributed by atoms with Crippen molar-refractivity contribution in [2.45, 2.75) is 43.6 Å². The van der Waals surface area contributed by atoms with Gasteiger partial charge in [-0.15, -0.1) is 0 Å². The molecule has 2 aliphatic rings. The van der Waals surface area contributed by atoms with Crippen molar-refractivity contribution < 1.29 is 17.9 Å². The minimum absolute atomic E-state index is 0.0486. The van der Waals surface area contributed by atoms with Gasteiger partial charge in [-0.3, -0.25) is 4.79 Å². The molecular formula is C19H25NO4S. The van der Waals surface area contributed by atoms with Gasteiger partial charge in [-0.2, -0.15) is 0 Å². The molecule has 2 heterocycles. The average Bonchev–Trinajstić information content (AvgIpc) is 2.89. The Labute approximate surface area is 149 Å². The van der Waals surface area contributed by atoms with E-state index in [-0.39, 0.29) is 10.8 Å². The van der Waals surface area contributed by atoms with Crippen LogP contribution in [0, 0.1) is 0 Å². The maximum absolute atomic E-state index is 13.0. The smallest absolute Gasteiger partial charge is 0.252 e. The molecule has 0 radical (unpaired) electrons. The van der Waals surface area contributed by atoms with Crippen molar-refractivity contribution in [3.8, 4) is 0 Å². The summed E-state index contributed by atoms with van der Waals surface area (Å²) in [5.74, 6) is 0.0486. The average molecular weight is 363 g/mol. The maximum atomic E-state index is 13.0. The van der Waals surface area contributed by atoms with Gasteiger partial charge in [-0.25, -0.2) is 8.42 Å². The van der Waals surface area contributed by atoms with Crippen molar-refractivity contribution in [3.63, 3.8) is 0 Å². The van der Waals surface area contributed by atoms with Crippen LogP contribution in [0.1, 0.15) is 38.7 Å². The normalized spacial score (nSPS) is 20.8. The molecule has 0 aromatic heterocycles. The van der Waals surface area contributed by atoms with Crippen LogP contribution in [0.2, 0.25) is 0 Å². The molecule has 5 nitrogen and oxygen atoms in total. The Balaban J connectivity index is 2.00.